The maximum atomic E-state index is 13.5. The fraction of sp³-hybridized carbons (Fsp3) is 0.208. The average molecular weight is 485 g/mol. The topological polar surface area (TPSA) is 84.9 Å². The molecule has 1 amide bonds. The lowest BCUT2D eigenvalue weighted by Crippen LogP contribution is -2.35. The van der Waals surface area contributed by atoms with E-state index in [0.29, 0.717) is 47.5 Å². The van der Waals surface area contributed by atoms with E-state index in [2.05, 4.69) is 5.32 Å². The van der Waals surface area contributed by atoms with Crippen LogP contribution in [0.5, 0.6) is 11.5 Å². The number of benzene rings is 3. The van der Waals surface area contributed by atoms with Gasteiger partial charge in [0.05, 0.1) is 21.3 Å². The summed E-state index contributed by atoms with van der Waals surface area (Å²) in [7, 11) is -3.86. The van der Waals surface area contributed by atoms with Crippen molar-refractivity contribution in [3.05, 3.63) is 76.8 Å². The highest BCUT2D eigenvalue weighted by molar-refractivity contribution is 7.92. The van der Waals surface area contributed by atoms with Gasteiger partial charge in [0.1, 0.15) is 13.2 Å². The van der Waals surface area contributed by atoms with E-state index >= 15 is 0 Å². The number of rotatable bonds is 4. The van der Waals surface area contributed by atoms with Gasteiger partial charge in [0.15, 0.2) is 11.5 Å². The van der Waals surface area contributed by atoms with Crippen LogP contribution in [-0.2, 0) is 16.4 Å². The van der Waals surface area contributed by atoms with Crippen molar-refractivity contribution in [2.75, 3.05) is 22.8 Å². The predicted molar refractivity (Wildman–Crippen MR) is 126 cm³/mol. The summed E-state index contributed by atoms with van der Waals surface area (Å²) in [5, 5.41) is 3.03. The normalized spacial score (nSPS) is 16.9. The highest BCUT2D eigenvalue weighted by Gasteiger charge is 2.36. The van der Waals surface area contributed by atoms with Gasteiger partial charge in [0, 0.05) is 23.7 Å². The van der Waals surface area contributed by atoms with E-state index in [1.54, 1.807) is 30.3 Å². The molecule has 0 fully saturated rings. The minimum Gasteiger partial charge on any atom is -0.486 e. The van der Waals surface area contributed by atoms with Crippen LogP contribution in [0.25, 0.3) is 0 Å². The third-order valence-corrected chi connectivity index (χ3v) is 7.91. The molecule has 33 heavy (non-hydrogen) atoms. The lowest BCUT2D eigenvalue weighted by atomic mass is 10.1. The number of nitrogens with zero attached hydrogens (tertiary/aromatic N) is 1. The Morgan fingerprint density at radius 3 is 2.55 bits per heavy atom. The molecule has 170 valence electrons. The smallest absolute Gasteiger partial charge is 0.264 e. The molecule has 0 spiro atoms. The number of nitrogens with one attached hydrogen (secondary N) is 1. The number of carbonyl (C=O) groups excluding carboxylic acids is 1. The van der Waals surface area contributed by atoms with Crippen molar-refractivity contribution in [1.82, 2.24) is 0 Å². The Hall–Kier alpha value is -3.23. The molecular weight excluding hydrogens is 464 g/mol. The Kier molecular flexibility index (Phi) is 5.42. The summed E-state index contributed by atoms with van der Waals surface area (Å²) in [6.45, 7) is 2.70. The molecule has 7 nitrogen and oxygen atoms in total. The number of para-hydroxylation sites is 1. The molecule has 0 aliphatic carbocycles. The molecule has 2 aliphatic heterocycles. The van der Waals surface area contributed by atoms with Gasteiger partial charge in [-0.05, 0) is 43.2 Å². The maximum Gasteiger partial charge on any atom is 0.264 e. The number of carbonyl (C=O) groups is 1. The summed E-state index contributed by atoms with van der Waals surface area (Å²) in [6, 6.07) is 16.4. The van der Waals surface area contributed by atoms with Crippen molar-refractivity contribution >= 4 is 38.9 Å². The van der Waals surface area contributed by atoms with Gasteiger partial charge in [-0.3, -0.25) is 9.10 Å². The van der Waals surface area contributed by atoms with Crippen LogP contribution < -0.4 is 19.1 Å². The molecule has 1 unspecified atom stereocenters. The first kappa shape index (κ1) is 21.6. The lowest BCUT2D eigenvalue weighted by Gasteiger charge is -2.24. The zero-order valence-corrected chi connectivity index (χ0v) is 19.3. The number of hydrogen-bond donors (Lipinski definition) is 1. The number of fused-ring (bicyclic) bond motifs is 2. The molecule has 0 saturated heterocycles. The third-order valence-electron chi connectivity index (χ3n) is 5.68. The summed E-state index contributed by atoms with van der Waals surface area (Å²) < 4.78 is 39.5. The van der Waals surface area contributed by atoms with E-state index in [-0.39, 0.29) is 16.5 Å². The molecule has 5 rings (SSSR count). The zero-order chi connectivity index (χ0) is 23.2. The summed E-state index contributed by atoms with van der Waals surface area (Å²) in [5.41, 5.74) is 2.20. The van der Waals surface area contributed by atoms with Gasteiger partial charge in [-0.25, -0.2) is 8.42 Å². The summed E-state index contributed by atoms with van der Waals surface area (Å²) in [5.74, 6) is 0.511. The molecule has 2 aliphatic rings. The number of ether oxygens (including phenoxy) is 2. The van der Waals surface area contributed by atoms with Crippen molar-refractivity contribution in [3.8, 4) is 11.5 Å². The van der Waals surface area contributed by atoms with E-state index in [1.165, 1.54) is 16.4 Å². The van der Waals surface area contributed by atoms with Crippen LogP contribution in [0, 0.1) is 0 Å². The van der Waals surface area contributed by atoms with Crippen molar-refractivity contribution in [2.24, 2.45) is 0 Å². The Labute approximate surface area is 196 Å². The molecule has 3 aromatic rings. The van der Waals surface area contributed by atoms with Crippen LogP contribution >= 0.6 is 11.6 Å². The number of amides is 1. The van der Waals surface area contributed by atoms with E-state index in [1.807, 2.05) is 25.1 Å². The van der Waals surface area contributed by atoms with E-state index in [4.69, 9.17) is 21.1 Å². The molecule has 0 radical (unpaired) electrons. The molecule has 3 aromatic carbocycles. The highest BCUT2D eigenvalue weighted by atomic mass is 35.5. The Bertz CT molecular complexity index is 1360. The third kappa shape index (κ3) is 3.89. The number of sulfonamides is 1. The van der Waals surface area contributed by atoms with Gasteiger partial charge >= 0.3 is 0 Å². The first-order chi connectivity index (χ1) is 15.8. The molecular formula is C24H21ClN2O5S. The predicted octanol–water partition coefficient (Wildman–Crippen LogP) is 4.50. The van der Waals surface area contributed by atoms with Crippen LogP contribution in [0.2, 0.25) is 5.02 Å². The van der Waals surface area contributed by atoms with Gasteiger partial charge in [-0.15, -0.1) is 0 Å². The van der Waals surface area contributed by atoms with Crippen molar-refractivity contribution in [3.63, 3.8) is 0 Å². The first-order valence-corrected chi connectivity index (χ1v) is 12.3. The zero-order valence-electron chi connectivity index (χ0n) is 17.7. The Morgan fingerprint density at radius 1 is 1.03 bits per heavy atom. The standard InChI is InChI=1S/C24H21ClN2O5S/c1-15-11-16-5-2-3-8-21(16)27(15)33(29,30)18-7-4-6-17(12-18)24(28)26-20-14-23-22(13-19(20)25)31-9-10-32-23/h2-8,12-15H,9-11H2,1H3,(H,26,28). The molecule has 2 heterocycles. The number of anilines is 2. The van der Waals surface area contributed by atoms with Crippen LogP contribution in [0.4, 0.5) is 11.4 Å². The SMILES string of the molecule is CC1Cc2ccccc2N1S(=O)(=O)c1cccc(C(=O)Nc2cc3c(cc2Cl)OCCO3)c1. The van der Waals surface area contributed by atoms with Crippen molar-refractivity contribution in [1.29, 1.82) is 0 Å². The van der Waals surface area contributed by atoms with Gasteiger partial charge in [0.2, 0.25) is 0 Å². The monoisotopic (exact) mass is 484 g/mol. The first-order valence-electron chi connectivity index (χ1n) is 10.5. The van der Waals surface area contributed by atoms with Crippen LogP contribution in [0.1, 0.15) is 22.8 Å². The quantitative estimate of drug-likeness (QED) is 0.589. The minimum absolute atomic E-state index is 0.0481. The molecule has 1 atom stereocenters. The molecule has 0 bridgehead atoms. The molecule has 0 saturated carbocycles. The Morgan fingerprint density at radius 2 is 1.76 bits per heavy atom. The van der Waals surface area contributed by atoms with Gasteiger partial charge in [-0.1, -0.05) is 35.9 Å². The largest absolute Gasteiger partial charge is 0.486 e. The van der Waals surface area contributed by atoms with Crippen molar-refractivity contribution in [2.45, 2.75) is 24.3 Å². The fourth-order valence-corrected chi connectivity index (χ4v) is 6.11. The fourth-order valence-electron chi connectivity index (χ4n) is 4.17. The highest BCUT2D eigenvalue weighted by Crippen LogP contribution is 2.39. The average Bonchev–Trinajstić information content (AvgIpc) is 3.16. The molecule has 0 aromatic heterocycles. The van der Waals surface area contributed by atoms with Crippen LogP contribution in [0.15, 0.2) is 65.6 Å². The number of halogens is 1. The lowest BCUT2D eigenvalue weighted by molar-refractivity contribution is 0.102. The Balaban J connectivity index is 1.43. The van der Waals surface area contributed by atoms with Crippen molar-refractivity contribution < 1.29 is 22.7 Å². The van der Waals surface area contributed by atoms with Gasteiger partial charge in [-0.2, -0.15) is 0 Å². The maximum absolute atomic E-state index is 13.5. The second-order valence-corrected chi connectivity index (χ2v) is 10.2. The van der Waals surface area contributed by atoms with Crippen LogP contribution in [-0.4, -0.2) is 33.6 Å². The summed E-state index contributed by atoms with van der Waals surface area (Å²) in [4.78, 5) is 13.0. The number of hydrogen-bond acceptors (Lipinski definition) is 5. The second-order valence-electron chi connectivity index (χ2n) is 7.94. The molecule has 9 heteroatoms. The van der Waals surface area contributed by atoms with Gasteiger partial charge in [0.25, 0.3) is 15.9 Å². The minimum atomic E-state index is -3.86. The van der Waals surface area contributed by atoms with Gasteiger partial charge < -0.3 is 14.8 Å². The second kappa shape index (κ2) is 8.28. The summed E-state index contributed by atoms with van der Waals surface area (Å²) >= 11 is 6.29. The van der Waals surface area contributed by atoms with E-state index < -0.39 is 15.9 Å². The summed E-state index contributed by atoms with van der Waals surface area (Å²) in [6.07, 6.45) is 0.637. The van der Waals surface area contributed by atoms with E-state index in [9.17, 15) is 13.2 Å². The van der Waals surface area contributed by atoms with Crippen LogP contribution in [0.3, 0.4) is 0 Å². The molecule has 1 N–H and O–H groups in total. The van der Waals surface area contributed by atoms with E-state index in [0.717, 1.165) is 5.56 Å².